The van der Waals surface area contributed by atoms with Crippen molar-refractivity contribution in [3.8, 4) is 0 Å². The number of anilines is 1. The van der Waals surface area contributed by atoms with Gasteiger partial charge in [-0.1, -0.05) is 6.07 Å². The molecule has 1 atom stereocenters. The molecule has 2 aromatic heterocycles. The standard InChI is InChI=1S/C19H25N5O2/c1-16-4-2-5-17(22-16)12-23-8-11-26-19(13-23)14-24(9-10-25-15-19)18-20-6-3-7-21-18/h2-7H,8-15H2,1H3/t19-/m0/s1. The zero-order valence-corrected chi connectivity index (χ0v) is 15.2. The normalized spacial score (nSPS) is 24.6. The summed E-state index contributed by atoms with van der Waals surface area (Å²) in [6.45, 7) is 8.01. The summed E-state index contributed by atoms with van der Waals surface area (Å²) in [4.78, 5) is 18.0. The second kappa shape index (κ2) is 7.65. The number of pyridine rings is 1. The third-order valence-corrected chi connectivity index (χ3v) is 4.84. The molecule has 0 N–H and O–H groups in total. The highest BCUT2D eigenvalue weighted by atomic mass is 16.5. The van der Waals surface area contributed by atoms with Gasteiger partial charge in [0.1, 0.15) is 5.60 Å². The summed E-state index contributed by atoms with van der Waals surface area (Å²) in [5, 5.41) is 0. The SMILES string of the molecule is Cc1cccc(CN2CCO[C@@]3(COCCN(c4ncccn4)C3)C2)n1. The lowest BCUT2D eigenvalue weighted by Crippen LogP contribution is -2.58. The smallest absolute Gasteiger partial charge is 0.225 e. The average molecular weight is 355 g/mol. The van der Waals surface area contributed by atoms with Gasteiger partial charge in [-0.05, 0) is 25.1 Å². The molecule has 2 aliphatic rings. The molecule has 2 fully saturated rings. The van der Waals surface area contributed by atoms with Gasteiger partial charge in [-0.15, -0.1) is 0 Å². The fourth-order valence-corrected chi connectivity index (χ4v) is 3.69. The molecule has 0 aromatic carbocycles. The number of hydrogen-bond acceptors (Lipinski definition) is 7. The van der Waals surface area contributed by atoms with Gasteiger partial charge >= 0.3 is 0 Å². The van der Waals surface area contributed by atoms with Crippen LogP contribution < -0.4 is 4.90 Å². The van der Waals surface area contributed by atoms with E-state index in [1.54, 1.807) is 12.4 Å². The second-order valence-electron chi connectivity index (χ2n) is 7.04. The molecule has 26 heavy (non-hydrogen) atoms. The fourth-order valence-electron chi connectivity index (χ4n) is 3.69. The molecule has 7 heteroatoms. The van der Waals surface area contributed by atoms with Crippen molar-refractivity contribution in [3.63, 3.8) is 0 Å². The van der Waals surface area contributed by atoms with E-state index >= 15 is 0 Å². The number of hydrogen-bond donors (Lipinski definition) is 0. The summed E-state index contributed by atoms with van der Waals surface area (Å²) < 4.78 is 12.1. The molecular formula is C19H25N5O2. The van der Waals surface area contributed by atoms with E-state index in [0.717, 1.165) is 50.1 Å². The average Bonchev–Trinajstić information content (AvgIpc) is 2.85. The minimum atomic E-state index is -0.363. The number of aryl methyl sites for hydroxylation is 1. The zero-order chi connectivity index (χ0) is 17.8. The molecule has 4 rings (SSSR count). The lowest BCUT2D eigenvalue weighted by Gasteiger charge is -2.43. The monoisotopic (exact) mass is 355 g/mol. The van der Waals surface area contributed by atoms with Crippen LogP contribution in [-0.4, -0.2) is 71.5 Å². The van der Waals surface area contributed by atoms with Gasteiger partial charge in [0.05, 0.1) is 32.1 Å². The Kier molecular flexibility index (Phi) is 5.10. The number of nitrogens with zero attached hydrogens (tertiary/aromatic N) is 5. The van der Waals surface area contributed by atoms with Crippen LogP contribution in [0.25, 0.3) is 0 Å². The summed E-state index contributed by atoms with van der Waals surface area (Å²) in [6, 6.07) is 8.02. The van der Waals surface area contributed by atoms with E-state index in [-0.39, 0.29) is 5.60 Å². The maximum atomic E-state index is 6.25. The fraction of sp³-hybridized carbons (Fsp3) is 0.526. The number of aromatic nitrogens is 3. The van der Waals surface area contributed by atoms with Crippen LogP contribution in [0, 0.1) is 6.92 Å². The van der Waals surface area contributed by atoms with Crippen molar-refractivity contribution in [2.75, 3.05) is 50.9 Å². The molecule has 2 saturated heterocycles. The number of rotatable bonds is 3. The highest BCUT2D eigenvalue weighted by Crippen LogP contribution is 2.25. The molecule has 2 aromatic rings. The Bertz CT molecular complexity index is 729. The minimum absolute atomic E-state index is 0.363. The molecular weight excluding hydrogens is 330 g/mol. The van der Waals surface area contributed by atoms with Gasteiger partial charge in [0, 0.05) is 44.3 Å². The first-order chi connectivity index (χ1) is 12.7. The van der Waals surface area contributed by atoms with Gasteiger partial charge < -0.3 is 14.4 Å². The Labute approximate surface area is 154 Å². The number of ether oxygens (including phenoxy) is 2. The van der Waals surface area contributed by atoms with Crippen LogP contribution in [0.5, 0.6) is 0 Å². The van der Waals surface area contributed by atoms with Crippen LogP contribution in [0.4, 0.5) is 5.95 Å². The molecule has 0 saturated carbocycles. The van der Waals surface area contributed by atoms with Crippen LogP contribution in [0.1, 0.15) is 11.4 Å². The van der Waals surface area contributed by atoms with Crippen molar-refractivity contribution >= 4 is 5.95 Å². The van der Waals surface area contributed by atoms with Gasteiger partial charge in [0.25, 0.3) is 0 Å². The highest BCUT2D eigenvalue weighted by molar-refractivity contribution is 5.30. The van der Waals surface area contributed by atoms with E-state index in [4.69, 9.17) is 9.47 Å². The van der Waals surface area contributed by atoms with Gasteiger partial charge in [0.15, 0.2) is 0 Å². The summed E-state index contributed by atoms with van der Waals surface area (Å²) in [7, 11) is 0. The van der Waals surface area contributed by atoms with Crippen molar-refractivity contribution in [3.05, 3.63) is 48.0 Å². The van der Waals surface area contributed by atoms with Crippen molar-refractivity contribution in [1.82, 2.24) is 19.9 Å². The molecule has 0 radical (unpaired) electrons. The van der Waals surface area contributed by atoms with Crippen LogP contribution in [0.3, 0.4) is 0 Å². The molecule has 4 heterocycles. The number of morpholine rings is 1. The van der Waals surface area contributed by atoms with E-state index in [2.05, 4.69) is 36.9 Å². The first-order valence-corrected chi connectivity index (χ1v) is 9.11. The Morgan fingerprint density at radius 2 is 1.96 bits per heavy atom. The van der Waals surface area contributed by atoms with E-state index in [1.165, 1.54) is 0 Å². The lowest BCUT2D eigenvalue weighted by atomic mass is 10.0. The van der Waals surface area contributed by atoms with Gasteiger partial charge in [-0.3, -0.25) is 9.88 Å². The van der Waals surface area contributed by atoms with Crippen molar-refractivity contribution in [1.29, 1.82) is 0 Å². The van der Waals surface area contributed by atoms with Gasteiger partial charge in [-0.2, -0.15) is 0 Å². The third kappa shape index (κ3) is 4.00. The van der Waals surface area contributed by atoms with Gasteiger partial charge in [0.2, 0.25) is 5.95 Å². The summed E-state index contributed by atoms with van der Waals surface area (Å²) in [5.41, 5.74) is 1.79. The summed E-state index contributed by atoms with van der Waals surface area (Å²) >= 11 is 0. The summed E-state index contributed by atoms with van der Waals surface area (Å²) in [5.74, 6) is 0.735. The first kappa shape index (κ1) is 17.3. The zero-order valence-electron chi connectivity index (χ0n) is 15.2. The van der Waals surface area contributed by atoms with Crippen LogP contribution >= 0.6 is 0 Å². The highest BCUT2D eigenvalue weighted by Gasteiger charge is 2.41. The quantitative estimate of drug-likeness (QED) is 0.822. The van der Waals surface area contributed by atoms with E-state index in [9.17, 15) is 0 Å². The van der Waals surface area contributed by atoms with Crippen molar-refractivity contribution in [2.24, 2.45) is 0 Å². The van der Waals surface area contributed by atoms with E-state index < -0.39 is 0 Å². The van der Waals surface area contributed by atoms with Gasteiger partial charge in [-0.25, -0.2) is 9.97 Å². The molecule has 1 spiro atoms. The predicted octanol–water partition coefficient (Wildman–Crippen LogP) is 1.29. The van der Waals surface area contributed by atoms with Crippen molar-refractivity contribution in [2.45, 2.75) is 19.1 Å². The second-order valence-corrected chi connectivity index (χ2v) is 7.04. The Balaban J connectivity index is 1.49. The maximum Gasteiger partial charge on any atom is 0.225 e. The first-order valence-electron chi connectivity index (χ1n) is 9.11. The Hall–Kier alpha value is -2.09. The van der Waals surface area contributed by atoms with Crippen LogP contribution in [0.15, 0.2) is 36.7 Å². The topological polar surface area (TPSA) is 63.6 Å². The maximum absolute atomic E-state index is 6.25. The Morgan fingerprint density at radius 3 is 2.81 bits per heavy atom. The predicted molar refractivity (Wildman–Crippen MR) is 98.0 cm³/mol. The molecule has 0 bridgehead atoms. The molecule has 2 aliphatic heterocycles. The third-order valence-electron chi connectivity index (χ3n) is 4.84. The molecule has 0 amide bonds. The summed E-state index contributed by atoms with van der Waals surface area (Å²) in [6.07, 6.45) is 3.55. The van der Waals surface area contributed by atoms with E-state index in [0.29, 0.717) is 19.8 Å². The van der Waals surface area contributed by atoms with Crippen molar-refractivity contribution < 1.29 is 9.47 Å². The lowest BCUT2D eigenvalue weighted by molar-refractivity contribution is -0.134. The van der Waals surface area contributed by atoms with Crippen LogP contribution in [0.2, 0.25) is 0 Å². The Morgan fingerprint density at radius 1 is 1.08 bits per heavy atom. The van der Waals surface area contributed by atoms with Crippen LogP contribution in [-0.2, 0) is 16.0 Å². The molecule has 7 nitrogen and oxygen atoms in total. The van der Waals surface area contributed by atoms with E-state index in [1.807, 2.05) is 19.1 Å². The minimum Gasteiger partial charge on any atom is -0.376 e. The largest absolute Gasteiger partial charge is 0.376 e. The molecule has 0 unspecified atom stereocenters. The molecule has 0 aliphatic carbocycles. The molecule has 138 valence electrons.